The van der Waals surface area contributed by atoms with Gasteiger partial charge in [0, 0.05) is 21.3 Å². The summed E-state index contributed by atoms with van der Waals surface area (Å²) < 4.78 is 0. The fraction of sp³-hybridized carbons (Fsp3) is 0.750. The fourth-order valence-corrected chi connectivity index (χ4v) is 3.84. The van der Waals surface area contributed by atoms with Gasteiger partial charge in [0.15, 0.2) is 0 Å². The van der Waals surface area contributed by atoms with Gasteiger partial charge in [-0.15, -0.1) is 11.3 Å². The summed E-state index contributed by atoms with van der Waals surface area (Å²) in [5.74, 6) is 0. The van der Waals surface area contributed by atoms with Crippen molar-refractivity contribution in [2.24, 2.45) is 5.73 Å². The summed E-state index contributed by atoms with van der Waals surface area (Å²) in [5.41, 5.74) is 6.66. The van der Waals surface area contributed by atoms with Crippen molar-refractivity contribution in [2.75, 3.05) is 13.1 Å². The molecule has 2 N–H and O–H groups in total. The van der Waals surface area contributed by atoms with Crippen LogP contribution in [-0.4, -0.2) is 29.6 Å². The van der Waals surface area contributed by atoms with Gasteiger partial charge in [-0.25, -0.2) is 0 Å². The summed E-state index contributed by atoms with van der Waals surface area (Å²) in [4.78, 5) is 5.39. The summed E-state index contributed by atoms with van der Waals surface area (Å²) in [6, 6.07) is 4.69. The van der Waals surface area contributed by atoms with E-state index in [1.807, 2.05) is 11.3 Å². The standard InChI is InChI=1S/C16H30N2S/c1-6-13-10-11-14(19-13)12-15(17)16(5,7-2)18(8-3)9-4/h10-11,15H,6-9,12,17H2,1-5H3. The number of nitrogens with two attached hydrogens (primary N) is 1. The Hall–Kier alpha value is -0.380. The lowest BCUT2D eigenvalue weighted by molar-refractivity contribution is 0.0848. The highest BCUT2D eigenvalue weighted by molar-refractivity contribution is 7.11. The zero-order valence-corrected chi connectivity index (χ0v) is 14.0. The van der Waals surface area contributed by atoms with Gasteiger partial charge in [0.2, 0.25) is 0 Å². The van der Waals surface area contributed by atoms with Crippen LogP contribution < -0.4 is 5.73 Å². The maximum absolute atomic E-state index is 6.56. The quantitative estimate of drug-likeness (QED) is 0.788. The van der Waals surface area contributed by atoms with E-state index < -0.39 is 0 Å². The molecule has 0 spiro atoms. The van der Waals surface area contributed by atoms with Crippen LogP contribution >= 0.6 is 11.3 Å². The molecule has 3 heteroatoms. The molecule has 1 aromatic rings. The SMILES string of the molecule is CCc1ccc(CC(N)C(C)(CC)N(CC)CC)s1. The first-order valence-electron chi connectivity index (χ1n) is 7.59. The number of likely N-dealkylation sites (N-methyl/N-ethyl adjacent to an activating group) is 1. The van der Waals surface area contributed by atoms with Crippen LogP contribution in [0.3, 0.4) is 0 Å². The van der Waals surface area contributed by atoms with Crippen molar-refractivity contribution in [2.45, 2.75) is 65.5 Å². The van der Waals surface area contributed by atoms with Crippen LogP contribution in [0.25, 0.3) is 0 Å². The van der Waals surface area contributed by atoms with Crippen LogP contribution in [0.5, 0.6) is 0 Å². The van der Waals surface area contributed by atoms with Crippen molar-refractivity contribution in [1.82, 2.24) is 4.90 Å². The molecule has 0 aliphatic rings. The Kier molecular flexibility index (Phi) is 6.51. The van der Waals surface area contributed by atoms with E-state index in [1.54, 1.807) is 0 Å². The molecule has 0 bridgehead atoms. The number of thiophene rings is 1. The van der Waals surface area contributed by atoms with Gasteiger partial charge in [-0.05, 0) is 51.4 Å². The van der Waals surface area contributed by atoms with Crippen molar-refractivity contribution >= 4 is 11.3 Å². The fourth-order valence-electron chi connectivity index (χ4n) is 2.82. The lowest BCUT2D eigenvalue weighted by atomic mass is 9.85. The van der Waals surface area contributed by atoms with Gasteiger partial charge in [-0.1, -0.05) is 27.7 Å². The molecule has 0 amide bonds. The molecule has 1 aromatic heterocycles. The maximum atomic E-state index is 6.56. The van der Waals surface area contributed by atoms with E-state index in [9.17, 15) is 0 Å². The molecule has 0 saturated carbocycles. The maximum Gasteiger partial charge on any atom is 0.0332 e. The van der Waals surface area contributed by atoms with Gasteiger partial charge >= 0.3 is 0 Å². The van der Waals surface area contributed by atoms with Gasteiger partial charge in [-0.3, -0.25) is 4.90 Å². The third-order valence-electron chi connectivity index (χ3n) is 4.49. The molecular weight excluding hydrogens is 252 g/mol. The summed E-state index contributed by atoms with van der Waals surface area (Å²) in [5, 5.41) is 0. The molecule has 2 nitrogen and oxygen atoms in total. The Labute approximate surface area is 123 Å². The van der Waals surface area contributed by atoms with Crippen molar-refractivity contribution in [3.05, 3.63) is 21.9 Å². The first-order chi connectivity index (χ1) is 9.01. The van der Waals surface area contributed by atoms with Gasteiger partial charge in [-0.2, -0.15) is 0 Å². The van der Waals surface area contributed by atoms with E-state index in [2.05, 4.69) is 51.7 Å². The Bertz CT molecular complexity index is 371. The van der Waals surface area contributed by atoms with Gasteiger partial charge in [0.05, 0.1) is 0 Å². The number of aryl methyl sites for hydroxylation is 1. The summed E-state index contributed by atoms with van der Waals surface area (Å²) in [6.07, 6.45) is 3.22. The molecule has 2 unspecified atom stereocenters. The average Bonchev–Trinajstić information content (AvgIpc) is 2.87. The van der Waals surface area contributed by atoms with E-state index in [0.29, 0.717) is 0 Å². The van der Waals surface area contributed by atoms with Crippen LogP contribution in [0.15, 0.2) is 12.1 Å². The van der Waals surface area contributed by atoms with Crippen LogP contribution in [0, 0.1) is 0 Å². The van der Waals surface area contributed by atoms with Gasteiger partial charge < -0.3 is 5.73 Å². The van der Waals surface area contributed by atoms with Crippen molar-refractivity contribution in [3.8, 4) is 0 Å². The van der Waals surface area contributed by atoms with Gasteiger partial charge in [0.25, 0.3) is 0 Å². The average molecular weight is 282 g/mol. The molecule has 2 atom stereocenters. The van der Waals surface area contributed by atoms with E-state index in [0.717, 1.165) is 32.4 Å². The van der Waals surface area contributed by atoms with Crippen LogP contribution in [0.4, 0.5) is 0 Å². The minimum Gasteiger partial charge on any atom is -0.326 e. The van der Waals surface area contributed by atoms with Gasteiger partial charge in [0.1, 0.15) is 0 Å². The predicted molar refractivity (Wildman–Crippen MR) is 87.0 cm³/mol. The predicted octanol–water partition coefficient (Wildman–Crippen LogP) is 3.69. The molecule has 1 heterocycles. The minimum absolute atomic E-state index is 0.0971. The Morgan fingerprint density at radius 2 is 1.74 bits per heavy atom. The second kappa shape index (κ2) is 7.41. The van der Waals surface area contributed by atoms with Crippen LogP contribution in [-0.2, 0) is 12.8 Å². The molecule has 0 aliphatic heterocycles. The zero-order valence-electron chi connectivity index (χ0n) is 13.2. The lowest BCUT2D eigenvalue weighted by Crippen LogP contribution is -2.58. The number of nitrogens with zero attached hydrogens (tertiary/aromatic N) is 1. The monoisotopic (exact) mass is 282 g/mol. The smallest absolute Gasteiger partial charge is 0.0332 e. The molecule has 0 saturated heterocycles. The topological polar surface area (TPSA) is 29.3 Å². The molecule has 110 valence electrons. The molecule has 0 radical (unpaired) electrons. The first-order valence-corrected chi connectivity index (χ1v) is 8.41. The third kappa shape index (κ3) is 3.80. The zero-order chi connectivity index (χ0) is 14.5. The summed E-state index contributed by atoms with van der Waals surface area (Å²) in [6.45, 7) is 13.4. The van der Waals surface area contributed by atoms with Crippen molar-refractivity contribution in [3.63, 3.8) is 0 Å². The second-order valence-electron chi connectivity index (χ2n) is 5.42. The molecule has 0 aromatic carbocycles. The largest absolute Gasteiger partial charge is 0.326 e. The van der Waals surface area contributed by atoms with Crippen LogP contribution in [0.1, 0.15) is 50.8 Å². The number of hydrogen-bond acceptors (Lipinski definition) is 3. The molecule has 1 rings (SSSR count). The van der Waals surface area contributed by atoms with Crippen LogP contribution in [0.2, 0.25) is 0 Å². The normalized spacial score (nSPS) is 16.6. The number of rotatable bonds is 8. The van der Waals surface area contributed by atoms with E-state index in [-0.39, 0.29) is 11.6 Å². The molecular formula is C16H30N2S. The van der Waals surface area contributed by atoms with E-state index in [1.165, 1.54) is 9.75 Å². The highest BCUT2D eigenvalue weighted by atomic mass is 32.1. The third-order valence-corrected chi connectivity index (χ3v) is 5.74. The summed E-state index contributed by atoms with van der Waals surface area (Å²) >= 11 is 1.92. The highest BCUT2D eigenvalue weighted by Gasteiger charge is 2.34. The second-order valence-corrected chi connectivity index (χ2v) is 6.67. The Morgan fingerprint density at radius 1 is 1.16 bits per heavy atom. The number of hydrogen-bond donors (Lipinski definition) is 1. The van der Waals surface area contributed by atoms with Crippen molar-refractivity contribution in [1.29, 1.82) is 0 Å². The Balaban J connectivity index is 2.80. The van der Waals surface area contributed by atoms with E-state index >= 15 is 0 Å². The van der Waals surface area contributed by atoms with E-state index in [4.69, 9.17) is 5.73 Å². The highest BCUT2D eigenvalue weighted by Crippen LogP contribution is 2.27. The van der Waals surface area contributed by atoms with Crippen molar-refractivity contribution < 1.29 is 0 Å². The molecule has 0 aliphatic carbocycles. The minimum atomic E-state index is 0.0971. The summed E-state index contributed by atoms with van der Waals surface area (Å²) in [7, 11) is 0. The first kappa shape index (κ1) is 16.7. The molecule has 19 heavy (non-hydrogen) atoms. The Morgan fingerprint density at radius 3 is 2.16 bits per heavy atom. The molecule has 0 fully saturated rings. The lowest BCUT2D eigenvalue weighted by Gasteiger charge is -2.44.